The summed E-state index contributed by atoms with van der Waals surface area (Å²) in [5, 5.41) is 4.19. The van der Waals surface area contributed by atoms with Gasteiger partial charge in [-0.05, 0) is 55.7 Å². The third-order valence-electron chi connectivity index (χ3n) is 7.36. The van der Waals surface area contributed by atoms with E-state index in [-0.39, 0.29) is 30.0 Å². The van der Waals surface area contributed by atoms with Crippen molar-refractivity contribution in [1.82, 2.24) is 15.6 Å². The number of nitrogens with zero attached hydrogens (tertiary/aromatic N) is 1. The van der Waals surface area contributed by atoms with E-state index in [1.54, 1.807) is 0 Å². The molecule has 0 saturated heterocycles. The Balaban J connectivity index is 2.04. The van der Waals surface area contributed by atoms with Crippen molar-refractivity contribution in [3.8, 4) is 5.75 Å². The van der Waals surface area contributed by atoms with Gasteiger partial charge in [0.15, 0.2) is 15.4 Å². The van der Waals surface area contributed by atoms with E-state index in [0.717, 1.165) is 62.7 Å². The third-order valence-corrected chi connectivity index (χ3v) is 9.40. The Morgan fingerprint density at radius 1 is 1.07 bits per heavy atom. The van der Waals surface area contributed by atoms with Crippen LogP contribution in [-0.4, -0.2) is 61.7 Å². The Bertz CT molecular complexity index is 1540. The van der Waals surface area contributed by atoms with Gasteiger partial charge in [-0.1, -0.05) is 12.1 Å². The van der Waals surface area contributed by atoms with Gasteiger partial charge < -0.3 is 15.4 Å². The number of hydrogen-bond donors (Lipinski definition) is 2. The number of pyridine rings is 1. The number of rotatable bonds is 11. The molecule has 2 aromatic rings. The highest BCUT2D eigenvalue weighted by Gasteiger charge is 2.59. The first-order valence-electron chi connectivity index (χ1n) is 13.2. The lowest BCUT2D eigenvalue weighted by Crippen LogP contribution is -2.59. The van der Waals surface area contributed by atoms with Crippen LogP contribution < -0.4 is 15.4 Å². The SMILES string of the molecule is CC(C)(C(=O)NCC1=C(c2ccc(C(F)F)cn2)C[C@](c2ccc(OCCCC(F)(F)F)cc2)(C(F)(F)F)NC1=O)S(C)(=O)=O. The van der Waals surface area contributed by atoms with Crippen molar-refractivity contribution in [3.63, 3.8) is 0 Å². The molecule has 2 N–H and O–H groups in total. The quantitative estimate of drug-likeness (QED) is 0.244. The van der Waals surface area contributed by atoms with Crippen LogP contribution in [-0.2, 0) is 25.0 Å². The molecule has 2 amide bonds. The van der Waals surface area contributed by atoms with Crippen LogP contribution in [0.2, 0.25) is 0 Å². The fraction of sp³-hybridized carbons (Fsp3) is 0.464. The molecule has 0 unspecified atom stereocenters. The van der Waals surface area contributed by atoms with Crippen molar-refractivity contribution in [2.45, 2.75) is 62.2 Å². The molecule has 0 aliphatic carbocycles. The second-order valence-corrected chi connectivity index (χ2v) is 13.4. The smallest absolute Gasteiger partial charge is 0.416 e. The van der Waals surface area contributed by atoms with Gasteiger partial charge in [0.1, 0.15) is 10.5 Å². The number of aromatic nitrogens is 1. The molecule has 1 aromatic heterocycles. The first kappa shape index (κ1) is 35.7. The summed E-state index contributed by atoms with van der Waals surface area (Å²) in [7, 11) is -3.96. The number of carbonyl (C=O) groups is 2. The van der Waals surface area contributed by atoms with Crippen LogP contribution in [0.25, 0.3) is 5.57 Å². The van der Waals surface area contributed by atoms with Crippen molar-refractivity contribution in [2.75, 3.05) is 19.4 Å². The molecule has 1 atom stereocenters. The maximum Gasteiger partial charge on any atom is 0.416 e. The summed E-state index contributed by atoms with van der Waals surface area (Å²) in [6.45, 7) is 1.10. The van der Waals surface area contributed by atoms with Gasteiger partial charge in [0.05, 0.1) is 12.3 Å². The molecule has 248 valence electrons. The number of halogens is 8. The van der Waals surface area contributed by atoms with E-state index >= 15 is 0 Å². The zero-order valence-electron chi connectivity index (χ0n) is 24.1. The highest BCUT2D eigenvalue weighted by molar-refractivity contribution is 7.92. The topological polar surface area (TPSA) is 114 Å². The molecular weight excluding hydrogens is 642 g/mol. The van der Waals surface area contributed by atoms with Crippen LogP contribution in [0.15, 0.2) is 48.2 Å². The van der Waals surface area contributed by atoms with Gasteiger partial charge in [-0.3, -0.25) is 14.6 Å². The number of nitrogens with one attached hydrogen (secondary N) is 2. The predicted molar refractivity (Wildman–Crippen MR) is 146 cm³/mol. The third kappa shape index (κ3) is 8.10. The molecule has 17 heteroatoms. The summed E-state index contributed by atoms with van der Waals surface area (Å²) < 4.78 is 135. The zero-order valence-corrected chi connectivity index (χ0v) is 24.9. The second kappa shape index (κ2) is 12.9. The minimum absolute atomic E-state index is 0.0303. The number of alkyl halides is 8. The molecule has 0 spiro atoms. The van der Waals surface area contributed by atoms with Crippen LogP contribution in [0.5, 0.6) is 5.75 Å². The first-order chi connectivity index (χ1) is 20.6. The number of carbonyl (C=O) groups excluding carboxylic acids is 2. The van der Waals surface area contributed by atoms with Crippen LogP contribution in [0.4, 0.5) is 35.1 Å². The molecule has 8 nitrogen and oxygen atoms in total. The normalized spacial score (nSPS) is 18.2. The molecular formula is C28H29F8N3O5S. The van der Waals surface area contributed by atoms with E-state index in [9.17, 15) is 53.1 Å². The number of hydrogen-bond acceptors (Lipinski definition) is 6. The van der Waals surface area contributed by atoms with Crippen molar-refractivity contribution >= 4 is 27.2 Å². The monoisotopic (exact) mass is 671 g/mol. The maximum atomic E-state index is 14.9. The number of benzene rings is 1. The Kier molecular flexibility index (Phi) is 10.3. The fourth-order valence-corrected chi connectivity index (χ4v) is 4.73. The average molecular weight is 672 g/mol. The minimum Gasteiger partial charge on any atom is -0.494 e. The van der Waals surface area contributed by atoms with Gasteiger partial charge >= 0.3 is 12.4 Å². The van der Waals surface area contributed by atoms with Crippen LogP contribution in [0.1, 0.15) is 56.4 Å². The molecule has 1 aromatic carbocycles. The summed E-state index contributed by atoms with van der Waals surface area (Å²) in [6.07, 6.45) is -13.5. The van der Waals surface area contributed by atoms with Crippen LogP contribution in [0, 0.1) is 0 Å². The van der Waals surface area contributed by atoms with Gasteiger partial charge in [-0.15, -0.1) is 0 Å². The van der Waals surface area contributed by atoms with E-state index < -0.39 is 86.8 Å². The van der Waals surface area contributed by atoms with E-state index in [2.05, 4.69) is 10.3 Å². The molecule has 3 rings (SSSR count). The van der Waals surface area contributed by atoms with E-state index in [4.69, 9.17) is 4.74 Å². The van der Waals surface area contributed by atoms with Crippen molar-refractivity contribution in [1.29, 1.82) is 0 Å². The van der Waals surface area contributed by atoms with Gasteiger partial charge in [-0.2, -0.15) is 26.3 Å². The molecule has 0 bridgehead atoms. The lowest BCUT2D eigenvalue weighted by Gasteiger charge is -2.41. The Labute approximate surface area is 253 Å². The Morgan fingerprint density at radius 3 is 2.18 bits per heavy atom. The first-order valence-corrected chi connectivity index (χ1v) is 15.1. The summed E-state index contributed by atoms with van der Waals surface area (Å²) >= 11 is 0. The lowest BCUT2D eigenvalue weighted by molar-refractivity contribution is -0.201. The van der Waals surface area contributed by atoms with Gasteiger partial charge in [0.25, 0.3) is 6.43 Å². The van der Waals surface area contributed by atoms with Gasteiger partial charge in [0, 0.05) is 43.0 Å². The predicted octanol–water partition coefficient (Wildman–Crippen LogP) is 5.41. The Morgan fingerprint density at radius 2 is 1.69 bits per heavy atom. The van der Waals surface area contributed by atoms with Crippen molar-refractivity contribution < 1.29 is 57.9 Å². The molecule has 0 saturated carbocycles. The largest absolute Gasteiger partial charge is 0.494 e. The lowest BCUT2D eigenvalue weighted by atomic mass is 9.77. The maximum absolute atomic E-state index is 14.9. The molecule has 2 heterocycles. The number of sulfone groups is 1. The molecule has 1 aliphatic rings. The van der Waals surface area contributed by atoms with Crippen LogP contribution >= 0.6 is 0 Å². The van der Waals surface area contributed by atoms with Gasteiger partial charge in [-0.25, -0.2) is 17.2 Å². The van der Waals surface area contributed by atoms with E-state index in [1.807, 2.05) is 5.32 Å². The molecule has 0 fully saturated rings. The van der Waals surface area contributed by atoms with E-state index in [1.165, 1.54) is 0 Å². The number of ether oxygens (including phenoxy) is 1. The van der Waals surface area contributed by atoms with Crippen molar-refractivity contribution in [3.05, 3.63) is 65.0 Å². The highest BCUT2D eigenvalue weighted by Crippen LogP contribution is 2.48. The molecule has 1 aliphatic heterocycles. The minimum atomic E-state index is -5.17. The Hall–Kier alpha value is -3.76. The highest BCUT2D eigenvalue weighted by atomic mass is 32.2. The van der Waals surface area contributed by atoms with Gasteiger partial charge in [0.2, 0.25) is 11.8 Å². The second-order valence-electron chi connectivity index (χ2n) is 10.8. The summed E-state index contributed by atoms with van der Waals surface area (Å²) in [6, 6.07) is 6.03. The average Bonchev–Trinajstić information content (AvgIpc) is 2.92. The van der Waals surface area contributed by atoms with E-state index in [0.29, 0.717) is 0 Å². The van der Waals surface area contributed by atoms with Crippen LogP contribution in [0.3, 0.4) is 0 Å². The zero-order chi connectivity index (χ0) is 34.0. The standard InChI is InChI=1S/C28H29F8N3O5S/c1-25(2,45(3,42)43)24(41)38-15-20-19(21-10-5-16(14-37-21)22(29)30)13-26(28(34,35)36,39-23(20)40)17-6-8-18(9-7-17)44-12-4-11-27(31,32)33/h5-10,14,22H,4,11-13,15H2,1-3H3,(H,38,41)(H,39,40)/t26-/m0/s1. The molecule has 45 heavy (non-hydrogen) atoms. The van der Waals surface area contributed by atoms with Crippen molar-refractivity contribution in [2.24, 2.45) is 0 Å². The summed E-state index contributed by atoms with van der Waals surface area (Å²) in [5.41, 5.74) is -5.20. The number of amides is 2. The molecule has 0 radical (unpaired) electrons. The summed E-state index contributed by atoms with van der Waals surface area (Å²) in [5.74, 6) is -2.39. The summed E-state index contributed by atoms with van der Waals surface area (Å²) in [4.78, 5) is 29.9. The fourth-order valence-electron chi connectivity index (χ4n) is 4.32.